The molecule has 3 heteroatoms. The van der Waals surface area contributed by atoms with Gasteiger partial charge in [0, 0.05) is 0 Å². The normalized spacial score (nSPS) is 30.5. The van der Waals surface area contributed by atoms with E-state index in [2.05, 4.69) is 24.3 Å². The van der Waals surface area contributed by atoms with Crippen LogP contribution in [0.3, 0.4) is 0 Å². The van der Waals surface area contributed by atoms with E-state index < -0.39 is 0 Å². The molecule has 27 heavy (non-hydrogen) atoms. The third-order valence-electron chi connectivity index (χ3n) is 6.92. The van der Waals surface area contributed by atoms with Crippen LogP contribution < -0.4 is 4.74 Å². The fraction of sp³-hybridized carbons (Fsp3) is 0.458. The minimum absolute atomic E-state index is 0.298. The Balaban J connectivity index is 1.27. The first-order valence-electron chi connectivity index (χ1n) is 10.3. The van der Waals surface area contributed by atoms with Crippen LogP contribution in [-0.2, 0) is 4.74 Å². The van der Waals surface area contributed by atoms with Crippen molar-refractivity contribution >= 4 is 5.97 Å². The van der Waals surface area contributed by atoms with E-state index in [0.29, 0.717) is 12.2 Å². The zero-order valence-electron chi connectivity index (χ0n) is 15.8. The third kappa shape index (κ3) is 3.03. The number of ether oxygens (including phenoxy) is 2. The standard InChI is InChI=1S/C24H26O3/c1-2-26-24(25)17-5-9-21(10-6-17)27-20-7-3-16(4-8-20)23-19-12-15-11-18(14-19)22(23)13-15/h3-10,15,18-19,22-23H,2,11-14H2,1H3. The predicted molar refractivity (Wildman–Crippen MR) is 104 cm³/mol. The van der Waals surface area contributed by atoms with E-state index in [1.165, 1.54) is 31.2 Å². The van der Waals surface area contributed by atoms with Crippen molar-refractivity contribution in [3.05, 3.63) is 59.7 Å². The van der Waals surface area contributed by atoms with Crippen LogP contribution in [0, 0.1) is 23.7 Å². The van der Waals surface area contributed by atoms with Gasteiger partial charge >= 0.3 is 5.97 Å². The van der Waals surface area contributed by atoms with Crippen molar-refractivity contribution in [3.8, 4) is 11.5 Å². The monoisotopic (exact) mass is 362 g/mol. The van der Waals surface area contributed by atoms with Crippen molar-refractivity contribution in [2.24, 2.45) is 23.7 Å². The smallest absolute Gasteiger partial charge is 0.338 e. The number of carbonyl (C=O) groups is 1. The quantitative estimate of drug-likeness (QED) is 0.630. The van der Waals surface area contributed by atoms with Crippen molar-refractivity contribution in [1.29, 1.82) is 0 Å². The summed E-state index contributed by atoms with van der Waals surface area (Å²) in [5.41, 5.74) is 2.04. The molecule has 2 aromatic rings. The van der Waals surface area contributed by atoms with E-state index in [0.717, 1.165) is 41.1 Å². The molecule has 0 aromatic heterocycles. The highest BCUT2D eigenvalue weighted by atomic mass is 16.5. The van der Waals surface area contributed by atoms with Gasteiger partial charge in [-0.05, 0) is 104 Å². The average Bonchev–Trinajstić information content (AvgIpc) is 3.10. The first kappa shape index (κ1) is 16.9. The second kappa shape index (κ2) is 6.70. The molecule has 0 aliphatic heterocycles. The summed E-state index contributed by atoms with van der Waals surface area (Å²) in [6, 6.07) is 15.8. The molecule has 0 heterocycles. The van der Waals surface area contributed by atoms with Gasteiger partial charge in [0.15, 0.2) is 0 Å². The lowest BCUT2D eigenvalue weighted by atomic mass is 9.73. The molecule has 5 atom stereocenters. The van der Waals surface area contributed by atoms with Crippen molar-refractivity contribution in [1.82, 2.24) is 0 Å². The SMILES string of the molecule is CCOC(=O)c1ccc(Oc2ccc(C3C4CC5CC(C4)C3C5)cc2)cc1. The first-order chi connectivity index (χ1) is 13.2. The van der Waals surface area contributed by atoms with Gasteiger partial charge in [0.25, 0.3) is 0 Å². The van der Waals surface area contributed by atoms with Crippen LogP contribution in [0.2, 0.25) is 0 Å². The number of esters is 1. The Morgan fingerprint density at radius 2 is 1.56 bits per heavy atom. The van der Waals surface area contributed by atoms with Crippen LogP contribution in [0.5, 0.6) is 11.5 Å². The van der Waals surface area contributed by atoms with Crippen molar-refractivity contribution in [2.75, 3.05) is 6.61 Å². The summed E-state index contributed by atoms with van der Waals surface area (Å²) in [6.45, 7) is 2.19. The molecule has 3 nitrogen and oxygen atoms in total. The van der Waals surface area contributed by atoms with Crippen LogP contribution in [0.15, 0.2) is 48.5 Å². The fourth-order valence-corrected chi connectivity index (χ4v) is 6.02. The number of rotatable bonds is 5. The Morgan fingerprint density at radius 3 is 2.22 bits per heavy atom. The number of carbonyl (C=O) groups excluding carboxylic acids is 1. The molecular weight excluding hydrogens is 336 g/mol. The molecule has 4 bridgehead atoms. The molecule has 4 aliphatic carbocycles. The van der Waals surface area contributed by atoms with Crippen molar-refractivity contribution < 1.29 is 14.3 Å². The van der Waals surface area contributed by atoms with Gasteiger partial charge in [0.2, 0.25) is 0 Å². The Bertz CT molecular complexity index is 820. The van der Waals surface area contributed by atoms with Gasteiger partial charge in [-0.2, -0.15) is 0 Å². The highest BCUT2D eigenvalue weighted by Crippen LogP contribution is 2.64. The molecule has 4 aliphatic rings. The lowest BCUT2D eigenvalue weighted by Crippen LogP contribution is -2.21. The van der Waals surface area contributed by atoms with Crippen LogP contribution in [-0.4, -0.2) is 12.6 Å². The van der Waals surface area contributed by atoms with E-state index in [1.54, 1.807) is 19.1 Å². The van der Waals surface area contributed by atoms with E-state index in [-0.39, 0.29) is 5.97 Å². The van der Waals surface area contributed by atoms with Crippen LogP contribution in [0.25, 0.3) is 0 Å². The van der Waals surface area contributed by atoms with Gasteiger partial charge in [-0.1, -0.05) is 12.1 Å². The van der Waals surface area contributed by atoms with Gasteiger partial charge in [0.05, 0.1) is 12.2 Å². The Hall–Kier alpha value is -2.29. The van der Waals surface area contributed by atoms with E-state index in [4.69, 9.17) is 9.47 Å². The Labute approximate surface area is 160 Å². The minimum atomic E-state index is -0.298. The molecular formula is C24H26O3. The highest BCUT2D eigenvalue weighted by Gasteiger charge is 2.53. The second-order valence-electron chi connectivity index (χ2n) is 8.43. The van der Waals surface area contributed by atoms with E-state index in [9.17, 15) is 4.79 Å². The lowest BCUT2D eigenvalue weighted by Gasteiger charge is -2.32. The zero-order valence-corrected chi connectivity index (χ0v) is 15.8. The van der Waals surface area contributed by atoms with Crippen molar-refractivity contribution in [3.63, 3.8) is 0 Å². The van der Waals surface area contributed by atoms with E-state index in [1.807, 2.05) is 12.1 Å². The molecule has 0 radical (unpaired) electrons. The Morgan fingerprint density at radius 1 is 0.889 bits per heavy atom. The molecule has 6 rings (SSSR count). The largest absolute Gasteiger partial charge is 0.462 e. The maximum Gasteiger partial charge on any atom is 0.338 e. The van der Waals surface area contributed by atoms with Gasteiger partial charge < -0.3 is 9.47 Å². The minimum Gasteiger partial charge on any atom is -0.462 e. The van der Waals surface area contributed by atoms with E-state index >= 15 is 0 Å². The predicted octanol–water partition coefficient (Wildman–Crippen LogP) is 5.81. The number of hydrogen-bond donors (Lipinski definition) is 0. The molecule has 0 spiro atoms. The fourth-order valence-electron chi connectivity index (χ4n) is 6.02. The second-order valence-corrected chi connectivity index (χ2v) is 8.43. The molecule has 0 saturated heterocycles. The summed E-state index contributed by atoms with van der Waals surface area (Å²) in [6.07, 6.45) is 5.84. The number of hydrogen-bond acceptors (Lipinski definition) is 3. The summed E-state index contributed by atoms with van der Waals surface area (Å²) in [5, 5.41) is 0. The van der Waals surface area contributed by atoms with Gasteiger partial charge in [-0.25, -0.2) is 4.79 Å². The number of benzene rings is 2. The lowest BCUT2D eigenvalue weighted by molar-refractivity contribution is 0.0526. The van der Waals surface area contributed by atoms with Crippen LogP contribution >= 0.6 is 0 Å². The van der Waals surface area contributed by atoms with Crippen LogP contribution in [0.1, 0.15) is 54.4 Å². The Kier molecular flexibility index (Phi) is 4.18. The maximum atomic E-state index is 11.7. The average molecular weight is 362 g/mol. The topological polar surface area (TPSA) is 35.5 Å². The summed E-state index contributed by atoms with van der Waals surface area (Å²) in [7, 11) is 0. The van der Waals surface area contributed by atoms with Crippen molar-refractivity contribution in [2.45, 2.75) is 38.5 Å². The summed E-state index contributed by atoms with van der Waals surface area (Å²) in [5.74, 6) is 5.90. The molecule has 5 unspecified atom stereocenters. The summed E-state index contributed by atoms with van der Waals surface area (Å²) >= 11 is 0. The molecule has 0 amide bonds. The molecule has 4 fully saturated rings. The van der Waals surface area contributed by atoms with Gasteiger partial charge in [-0.15, -0.1) is 0 Å². The van der Waals surface area contributed by atoms with Gasteiger partial charge in [-0.3, -0.25) is 0 Å². The summed E-state index contributed by atoms with van der Waals surface area (Å²) < 4.78 is 11.0. The molecule has 2 aromatic carbocycles. The van der Waals surface area contributed by atoms with Gasteiger partial charge in [0.1, 0.15) is 11.5 Å². The molecule has 4 saturated carbocycles. The first-order valence-corrected chi connectivity index (χ1v) is 10.3. The third-order valence-corrected chi connectivity index (χ3v) is 6.92. The molecule has 0 N–H and O–H groups in total. The zero-order chi connectivity index (χ0) is 18.4. The maximum absolute atomic E-state index is 11.7. The molecule has 140 valence electrons. The summed E-state index contributed by atoms with van der Waals surface area (Å²) in [4.78, 5) is 11.7. The van der Waals surface area contributed by atoms with Crippen LogP contribution in [0.4, 0.5) is 0 Å². The highest BCUT2D eigenvalue weighted by molar-refractivity contribution is 5.89.